The maximum atomic E-state index is 13.3. The van der Waals surface area contributed by atoms with Gasteiger partial charge in [-0.05, 0) is 57.9 Å². The molecule has 3 aromatic carbocycles. The number of non-ortho nitro benzene ring substituents is 1. The van der Waals surface area contributed by atoms with E-state index in [1.165, 1.54) is 24.3 Å². The second-order valence-corrected chi connectivity index (χ2v) is 9.66. The molecule has 1 saturated heterocycles. The number of carbonyl (C=O) groups excluding carboxylic acids is 3. The number of nitrogens with zero attached hydrogens (tertiary/aromatic N) is 2. The summed E-state index contributed by atoms with van der Waals surface area (Å²) in [7, 11) is 0. The Labute approximate surface area is 226 Å². The molecule has 0 aliphatic carbocycles. The molecule has 0 atom stereocenters. The quantitative estimate of drug-likeness (QED) is 0.153. The molecule has 0 aromatic heterocycles. The van der Waals surface area contributed by atoms with Crippen LogP contribution in [0.15, 0.2) is 75.2 Å². The highest BCUT2D eigenvalue weighted by atomic mass is 79.9. The molecule has 1 N–H and O–H groups in total. The second-order valence-electron chi connectivity index (χ2n) is 7.46. The Balaban J connectivity index is 1.72. The van der Waals surface area contributed by atoms with Crippen molar-refractivity contribution in [1.82, 2.24) is 5.32 Å². The zero-order chi connectivity index (χ0) is 26.0. The van der Waals surface area contributed by atoms with E-state index >= 15 is 0 Å². The van der Waals surface area contributed by atoms with Crippen molar-refractivity contribution < 1.29 is 24.0 Å². The number of nitro groups is 1. The SMILES string of the molecule is O=C1NC(=O)N(c2cccc([N+](=O)[O-])c2)C(=O)/C1=C/c1cc(Br)cc(Br)c1OCc1ccc(Cl)cc1. The van der Waals surface area contributed by atoms with Gasteiger partial charge in [-0.1, -0.05) is 45.7 Å². The van der Waals surface area contributed by atoms with Crippen molar-refractivity contribution in [2.45, 2.75) is 6.61 Å². The third-order valence-electron chi connectivity index (χ3n) is 5.03. The number of rotatable bonds is 6. The second kappa shape index (κ2) is 10.6. The maximum absolute atomic E-state index is 13.3. The number of hydrogen-bond acceptors (Lipinski definition) is 6. The lowest BCUT2D eigenvalue weighted by molar-refractivity contribution is -0.384. The van der Waals surface area contributed by atoms with E-state index in [0.29, 0.717) is 30.2 Å². The first kappa shape index (κ1) is 25.5. The number of benzene rings is 3. The highest BCUT2D eigenvalue weighted by Gasteiger charge is 2.37. The Hall–Kier alpha value is -3.54. The lowest BCUT2D eigenvalue weighted by atomic mass is 10.1. The standard InChI is InChI=1S/C24H14Br2ClN3O6/c25-15-8-14(21(20(26)10-15)36-12-13-4-6-16(27)7-5-13)9-19-22(31)28-24(33)29(23(19)32)17-2-1-3-18(11-17)30(34)35/h1-11H,12H2,(H,28,31,33)/b19-9+. The van der Waals surface area contributed by atoms with Crippen LogP contribution in [0.1, 0.15) is 11.1 Å². The molecule has 182 valence electrons. The average molecular weight is 636 g/mol. The number of imide groups is 2. The van der Waals surface area contributed by atoms with E-state index in [4.69, 9.17) is 16.3 Å². The van der Waals surface area contributed by atoms with E-state index in [0.717, 1.165) is 11.6 Å². The first-order chi connectivity index (χ1) is 17.1. The van der Waals surface area contributed by atoms with Gasteiger partial charge in [0.1, 0.15) is 17.9 Å². The number of nitro benzene ring substituents is 1. The number of urea groups is 1. The molecule has 1 heterocycles. The zero-order valence-electron chi connectivity index (χ0n) is 18.0. The molecule has 1 aliphatic rings. The smallest absolute Gasteiger partial charge is 0.335 e. The summed E-state index contributed by atoms with van der Waals surface area (Å²) >= 11 is 12.8. The van der Waals surface area contributed by atoms with Gasteiger partial charge in [-0.25, -0.2) is 9.69 Å². The molecule has 1 aliphatic heterocycles. The van der Waals surface area contributed by atoms with Crippen LogP contribution in [0.3, 0.4) is 0 Å². The van der Waals surface area contributed by atoms with Crippen LogP contribution in [0.25, 0.3) is 6.08 Å². The minimum Gasteiger partial charge on any atom is -0.487 e. The van der Waals surface area contributed by atoms with Crippen LogP contribution in [0.5, 0.6) is 5.75 Å². The first-order valence-corrected chi connectivity index (χ1v) is 12.1. The number of anilines is 1. The largest absolute Gasteiger partial charge is 0.487 e. The van der Waals surface area contributed by atoms with Gasteiger partial charge in [0.25, 0.3) is 17.5 Å². The number of halogens is 3. The Bertz CT molecular complexity index is 1440. The Kier molecular flexibility index (Phi) is 7.53. The summed E-state index contributed by atoms with van der Waals surface area (Å²) in [6.45, 7) is 0.173. The molecule has 0 unspecified atom stereocenters. The monoisotopic (exact) mass is 633 g/mol. The zero-order valence-corrected chi connectivity index (χ0v) is 22.0. The number of nitrogens with one attached hydrogen (secondary N) is 1. The summed E-state index contributed by atoms with van der Waals surface area (Å²) in [4.78, 5) is 49.5. The topological polar surface area (TPSA) is 119 Å². The van der Waals surface area contributed by atoms with Crippen LogP contribution in [0.2, 0.25) is 5.02 Å². The number of barbiturate groups is 1. The van der Waals surface area contributed by atoms with E-state index in [1.54, 1.807) is 36.4 Å². The van der Waals surface area contributed by atoms with Crippen LogP contribution in [0.4, 0.5) is 16.2 Å². The van der Waals surface area contributed by atoms with Gasteiger partial charge in [0.15, 0.2) is 0 Å². The highest BCUT2D eigenvalue weighted by molar-refractivity contribution is 9.11. The summed E-state index contributed by atoms with van der Waals surface area (Å²) in [5.41, 5.74) is 0.477. The molecule has 12 heteroatoms. The molecule has 3 aromatic rings. The minimum absolute atomic E-state index is 0.0558. The molecule has 0 spiro atoms. The van der Waals surface area contributed by atoms with E-state index in [2.05, 4.69) is 37.2 Å². The minimum atomic E-state index is -1.02. The third kappa shape index (κ3) is 5.48. The number of carbonyl (C=O) groups is 3. The van der Waals surface area contributed by atoms with Gasteiger partial charge in [-0.2, -0.15) is 0 Å². The molecular weight excluding hydrogens is 622 g/mol. The lowest BCUT2D eigenvalue weighted by Gasteiger charge is -2.26. The van der Waals surface area contributed by atoms with Gasteiger partial charge in [-0.15, -0.1) is 0 Å². The van der Waals surface area contributed by atoms with Crippen molar-refractivity contribution in [3.8, 4) is 5.75 Å². The van der Waals surface area contributed by atoms with Crippen molar-refractivity contribution in [2.24, 2.45) is 0 Å². The Morgan fingerprint density at radius 2 is 1.78 bits per heavy atom. The Morgan fingerprint density at radius 1 is 1.06 bits per heavy atom. The normalized spacial score (nSPS) is 14.7. The van der Waals surface area contributed by atoms with Crippen LogP contribution in [-0.4, -0.2) is 22.8 Å². The van der Waals surface area contributed by atoms with Crippen LogP contribution in [-0.2, 0) is 16.2 Å². The van der Waals surface area contributed by atoms with Gasteiger partial charge in [0, 0.05) is 27.2 Å². The fourth-order valence-corrected chi connectivity index (χ4v) is 4.87. The Morgan fingerprint density at radius 3 is 2.47 bits per heavy atom. The fraction of sp³-hybridized carbons (Fsp3) is 0.0417. The molecule has 1 fully saturated rings. The van der Waals surface area contributed by atoms with Crippen LogP contribution in [0, 0.1) is 10.1 Å². The molecule has 36 heavy (non-hydrogen) atoms. The van der Waals surface area contributed by atoms with Crippen molar-refractivity contribution >= 4 is 78.8 Å². The molecule has 4 amide bonds. The van der Waals surface area contributed by atoms with E-state index in [1.807, 2.05) is 0 Å². The molecule has 0 bridgehead atoms. The molecule has 0 radical (unpaired) electrons. The summed E-state index contributed by atoms with van der Waals surface area (Å²) < 4.78 is 7.17. The van der Waals surface area contributed by atoms with Crippen LogP contribution < -0.4 is 15.0 Å². The van der Waals surface area contributed by atoms with E-state index in [-0.39, 0.29) is 23.6 Å². The fourth-order valence-electron chi connectivity index (χ4n) is 3.37. The van der Waals surface area contributed by atoms with Crippen molar-refractivity contribution in [1.29, 1.82) is 0 Å². The van der Waals surface area contributed by atoms with E-state index in [9.17, 15) is 24.5 Å². The van der Waals surface area contributed by atoms with Gasteiger partial charge in [0.2, 0.25) is 0 Å². The molecule has 9 nitrogen and oxygen atoms in total. The molecule has 0 saturated carbocycles. The summed E-state index contributed by atoms with van der Waals surface area (Å²) in [6, 6.07) is 14.4. The number of ether oxygens (including phenoxy) is 1. The van der Waals surface area contributed by atoms with Gasteiger partial charge < -0.3 is 4.74 Å². The van der Waals surface area contributed by atoms with E-state index < -0.39 is 22.8 Å². The number of amides is 4. The first-order valence-electron chi connectivity index (χ1n) is 10.2. The summed E-state index contributed by atoms with van der Waals surface area (Å²) in [6.07, 6.45) is 1.29. The average Bonchev–Trinajstić information content (AvgIpc) is 2.82. The lowest BCUT2D eigenvalue weighted by Crippen LogP contribution is -2.54. The maximum Gasteiger partial charge on any atom is 0.335 e. The van der Waals surface area contributed by atoms with Crippen molar-refractivity contribution in [3.63, 3.8) is 0 Å². The summed E-state index contributed by atoms with van der Waals surface area (Å²) in [5, 5.41) is 13.8. The predicted molar refractivity (Wildman–Crippen MR) is 140 cm³/mol. The van der Waals surface area contributed by atoms with Gasteiger partial charge in [0.05, 0.1) is 15.1 Å². The number of hydrogen-bond donors (Lipinski definition) is 1. The molecular formula is C24H14Br2ClN3O6. The van der Waals surface area contributed by atoms with Gasteiger partial charge >= 0.3 is 6.03 Å². The molecule has 4 rings (SSSR count). The van der Waals surface area contributed by atoms with Gasteiger partial charge in [-0.3, -0.25) is 25.0 Å². The third-order valence-corrected chi connectivity index (χ3v) is 6.33. The predicted octanol–water partition coefficient (Wildman–Crippen LogP) is 6.02. The summed E-state index contributed by atoms with van der Waals surface area (Å²) in [5.74, 6) is -1.50. The van der Waals surface area contributed by atoms with Crippen molar-refractivity contribution in [3.05, 3.63) is 101 Å². The van der Waals surface area contributed by atoms with Crippen LogP contribution >= 0.6 is 43.5 Å². The highest BCUT2D eigenvalue weighted by Crippen LogP contribution is 2.36. The van der Waals surface area contributed by atoms with Crippen molar-refractivity contribution in [2.75, 3.05) is 4.90 Å².